The van der Waals surface area contributed by atoms with Crippen molar-refractivity contribution in [1.29, 1.82) is 0 Å². The monoisotopic (exact) mass is 188 g/mol. The van der Waals surface area contributed by atoms with Crippen LogP contribution in [0.15, 0.2) is 0 Å². The van der Waals surface area contributed by atoms with Crippen LogP contribution in [-0.2, 0) is 9.53 Å². The maximum atomic E-state index is 11.4. The van der Waals surface area contributed by atoms with E-state index in [1.54, 1.807) is 6.92 Å². The highest BCUT2D eigenvalue weighted by Crippen LogP contribution is 2.21. The highest BCUT2D eigenvalue weighted by Gasteiger charge is 2.31. The Hall–Kier alpha value is -0.570. The number of hydrogen-bond acceptors (Lipinski definition) is 3. The van der Waals surface area contributed by atoms with E-state index in [9.17, 15) is 4.79 Å². The fraction of sp³-hybridized carbons (Fsp3) is 0.900. The summed E-state index contributed by atoms with van der Waals surface area (Å²) in [5, 5.41) is 9.01. The van der Waals surface area contributed by atoms with Crippen molar-refractivity contribution in [1.82, 2.24) is 0 Å². The molecule has 0 bridgehead atoms. The molecule has 78 valence electrons. The first-order valence-corrected chi connectivity index (χ1v) is 4.88. The van der Waals surface area contributed by atoms with Crippen LogP contribution in [0.4, 0.5) is 0 Å². The van der Waals surface area contributed by atoms with Gasteiger partial charge in [0.2, 0.25) is 0 Å². The van der Waals surface area contributed by atoms with Gasteiger partial charge in [-0.3, -0.25) is 4.79 Å². The molecule has 0 aliphatic rings. The van der Waals surface area contributed by atoms with Gasteiger partial charge in [0, 0.05) is 0 Å². The summed E-state index contributed by atoms with van der Waals surface area (Å²) in [6.45, 7) is 5.96. The van der Waals surface area contributed by atoms with E-state index >= 15 is 0 Å². The van der Waals surface area contributed by atoms with Crippen LogP contribution in [-0.4, -0.2) is 24.3 Å². The number of carbonyl (C=O) groups excluding carboxylic acids is 1. The Morgan fingerprint density at radius 2 is 2.08 bits per heavy atom. The zero-order valence-corrected chi connectivity index (χ0v) is 8.80. The molecule has 0 aliphatic carbocycles. The third-order valence-electron chi connectivity index (χ3n) is 2.35. The number of esters is 1. The Bertz CT molecular complexity index is 150. The lowest BCUT2D eigenvalue weighted by Gasteiger charge is -2.22. The predicted molar refractivity (Wildman–Crippen MR) is 51.4 cm³/mol. The molecule has 3 heteroatoms. The van der Waals surface area contributed by atoms with E-state index in [0.717, 1.165) is 12.8 Å². The van der Waals surface area contributed by atoms with Crippen molar-refractivity contribution in [3.05, 3.63) is 0 Å². The third kappa shape index (κ3) is 3.77. The van der Waals surface area contributed by atoms with Crippen molar-refractivity contribution < 1.29 is 14.6 Å². The minimum atomic E-state index is -0.715. The number of ether oxygens (including phenoxy) is 1. The van der Waals surface area contributed by atoms with E-state index in [4.69, 9.17) is 9.84 Å². The second-order valence-corrected chi connectivity index (χ2v) is 3.56. The van der Waals surface area contributed by atoms with Gasteiger partial charge in [-0.25, -0.2) is 0 Å². The van der Waals surface area contributed by atoms with Crippen LogP contribution in [0.5, 0.6) is 0 Å². The largest absolute Gasteiger partial charge is 0.465 e. The molecule has 0 aliphatic heterocycles. The van der Waals surface area contributed by atoms with E-state index < -0.39 is 5.41 Å². The average Bonchev–Trinajstić information content (AvgIpc) is 2.17. The second-order valence-electron chi connectivity index (χ2n) is 3.56. The summed E-state index contributed by atoms with van der Waals surface area (Å²) in [4.78, 5) is 11.4. The Morgan fingerprint density at radius 3 is 2.46 bits per heavy atom. The number of aliphatic hydroxyl groups excluding tert-OH is 1. The molecule has 0 aromatic carbocycles. The molecule has 0 spiro atoms. The number of unbranched alkanes of at least 4 members (excludes halogenated alkanes) is 1. The minimum absolute atomic E-state index is 0.144. The van der Waals surface area contributed by atoms with Gasteiger partial charge in [0.1, 0.15) is 0 Å². The summed E-state index contributed by atoms with van der Waals surface area (Å²) in [7, 11) is 0. The van der Waals surface area contributed by atoms with Crippen molar-refractivity contribution >= 4 is 5.97 Å². The first-order valence-electron chi connectivity index (χ1n) is 4.88. The highest BCUT2D eigenvalue weighted by molar-refractivity contribution is 5.76. The van der Waals surface area contributed by atoms with Crippen LogP contribution >= 0.6 is 0 Å². The molecule has 0 heterocycles. The first-order chi connectivity index (χ1) is 6.10. The van der Waals surface area contributed by atoms with Gasteiger partial charge in [-0.2, -0.15) is 0 Å². The van der Waals surface area contributed by atoms with E-state index in [-0.39, 0.29) is 12.6 Å². The lowest BCUT2D eigenvalue weighted by Crippen LogP contribution is -2.33. The van der Waals surface area contributed by atoms with Crippen LogP contribution < -0.4 is 0 Å². The number of rotatable bonds is 6. The van der Waals surface area contributed by atoms with Crippen molar-refractivity contribution in [2.24, 2.45) is 5.41 Å². The molecular weight excluding hydrogens is 168 g/mol. The molecule has 13 heavy (non-hydrogen) atoms. The van der Waals surface area contributed by atoms with Gasteiger partial charge in [0.05, 0.1) is 18.6 Å². The number of carbonyl (C=O) groups is 1. The molecule has 0 amide bonds. The molecule has 0 fully saturated rings. The average molecular weight is 188 g/mol. The Balaban J connectivity index is 3.92. The third-order valence-corrected chi connectivity index (χ3v) is 2.35. The van der Waals surface area contributed by atoms with Crippen LogP contribution in [0.25, 0.3) is 0 Å². The van der Waals surface area contributed by atoms with Gasteiger partial charge in [-0.05, 0) is 19.8 Å². The SMILES string of the molecule is CCCCOC(=O)C(C)(CC)CO. The molecule has 1 N–H and O–H groups in total. The maximum Gasteiger partial charge on any atom is 0.314 e. The second kappa shape index (κ2) is 5.97. The summed E-state index contributed by atoms with van der Waals surface area (Å²) < 4.78 is 5.03. The fourth-order valence-corrected chi connectivity index (χ4v) is 0.804. The Morgan fingerprint density at radius 1 is 1.46 bits per heavy atom. The molecule has 0 saturated heterocycles. The predicted octanol–water partition coefficient (Wildman–Crippen LogP) is 1.74. The quantitative estimate of drug-likeness (QED) is 0.510. The van der Waals surface area contributed by atoms with E-state index in [2.05, 4.69) is 0 Å². The molecular formula is C10H20O3. The first kappa shape index (κ1) is 12.4. The summed E-state index contributed by atoms with van der Waals surface area (Å²) in [6.07, 6.45) is 2.50. The Labute approximate surface area is 80.1 Å². The molecule has 1 atom stereocenters. The normalized spacial score (nSPS) is 15.1. The smallest absolute Gasteiger partial charge is 0.314 e. The topological polar surface area (TPSA) is 46.5 Å². The van der Waals surface area contributed by atoms with E-state index in [1.165, 1.54) is 0 Å². The zero-order valence-electron chi connectivity index (χ0n) is 8.80. The molecule has 0 aromatic rings. The minimum Gasteiger partial charge on any atom is -0.465 e. The van der Waals surface area contributed by atoms with Gasteiger partial charge in [0.25, 0.3) is 0 Å². The molecule has 0 rings (SSSR count). The van der Waals surface area contributed by atoms with Crippen LogP contribution in [0.3, 0.4) is 0 Å². The van der Waals surface area contributed by atoms with Crippen molar-refractivity contribution in [3.63, 3.8) is 0 Å². The van der Waals surface area contributed by atoms with Crippen LogP contribution in [0.1, 0.15) is 40.0 Å². The van der Waals surface area contributed by atoms with Crippen LogP contribution in [0.2, 0.25) is 0 Å². The van der Waals surface area contributed by atoms with Gasteiger partial charge in [0.15, 0.2) is 0 Å². The van der Waals surface area contributed by atoms with Crippen molar-refractivity contribution in [2.45, 2.75) is 40.0 Å². The van der Waals surface area contributed by atoms with Crippen molar-refractivity contribution in [2.75, 3.05) is 13.2 Å². The van der Waals surface area contributed by atoms with Gasteiger partial charge in [-0.15, -0.1) is 0 Å². The van der Waals surface area contributed by atoms with Gasteiger partial charge >= 0.3 is 5.97 Å². The number of hydrogen-bond donors (Lipinski definition) is 1. The lowest BCUT2D eigenvalue weighted by molar-refractivity contribution is -0.157. The maximum absolute atomic E-state index is 11.4. The van der Waals surface area contributed by atoms with E-state index in [0.29, 0.717) is 13.0 Å². The highest BCUT2D eigenvalue weighted by atomic mass is 16.5. The zero-order chi connectivity index (χ0) is 10.3. The molecule has 0 saturated carbocycles. The fourth-order valence-electron chi connectivity index (χ4n) is 0.804. The standard InChI is InChI=1S/C10H20O3/c1-4-6-7-13-9(12)10(3,5-2)8-11/h11H,4-8H2,1-3H3. The molecule has 0 radical (unpaired) electrons. The summed E-state index contributed by atoms with van der Waals surface area (Å²) in [6, 6.07) is 0. The van der Waals surface area contributed by atoms with Gasteiger partial charge in [-0.1, -0.05) is 20.3 Å². The van der Waals surface area contributed by atoms with Crippen LogP contribution in [0, 0.1) is 5.41 Å². The summed E-state index contributed by atoms with van der Waals surface area (Å²) in [5.74, 6) is -0.286. The lowest BCUT2D eigenvalue weighted by atomic mass is 9.89. The summed E-state index contributed by atoms with van der Waals surface area (Å²) >= 11 is 0. The van der Waals surface area contributed by atoms with E-state index in [1.807, 2.05) is 13.8 Å². The molecule has 1 unspecified atom stereocenters. The Kier molecular flexibility index (Phi) is 5.71. The van der Waals surface area contributed by atoms with Crippen molar-refractivity contribution in [3.8, 4) is 0 Å². The summed E-state index contributed by atoms with van der Waals surface area (Å²) in [5.41, 5.74) is -0.715. The number of aliphatic hydroxyl groups is 1. The molecule has 0 aromatic heterocycles. The molecule has 3 nitrogen and oxygen atoms in total. The van der Waals surface area contributed by atoms with Gasteiger partial charge < -0.3 is 9.84 Å².